The molecule has 0 N–H and O–H groups in total. The van der Waals surface area contributed by atoms with E-state index in [-0.39, 0.29) is 5.82 Å². The smallest absolute Gasteiger partial charge is 0.257 e. The van der Waals surface area contributed by atoms with Crippen LogP contribution in [0.25, 0.3) is 11.5 Å². The van der Waals surface area contributed by atoms with Crippen molar-refractivity contribution >= 4 is 5.91 Å². The lowest BCUT2D eigenvalue weighted by Gasteiger charge is -2.34. The minimum Gasteiger partial charge on any atom is -0.340 e. The van der Waals surface area contributed by atoms with Crippen molar-refractivity contribution in [2.75, 3.05) is 26.2 Å². The van der Waals surface area contributed by atoms with E-state index in [1.807, 2.05) is 4.90 Å². The second-order valence-electron chi connectivity index (χ2n) is 7.53. The van der Waals surface area contributed by atoms with E-state index < -0.39 is 0 Å². The number of nitrogens with zero attached hydrogens (tertiary/aromatic N) is 4. The Kier molecular flexibility index (Phi) is 5.48. The first-order valence-electron chi connectivity index (χ1n) is 9.76. The van der Waals surface area contributed by atoms with E-state index in [9.17, 15) is 9.18 Å². The van der Waals surface area contributed by atoms with Crippen LogP contribution in [0.2, 0.25) is 0 Å². The quantitative estimate of drug-likeness (QED) is 0.807. The summed E-state index contributed by atoms with van der Waals surface area (Å²) in [4.78, 5) is 21.1. The Morgan fingerprint density at radius 3 is 2.52 bits per heavy atom. The van der Waals surface area contributed by atoms with Gasteiger partial charge in [-0.15, -0.1) is 0 Å². The van der Waals surface area contributed by atoms with Gasteiger partial charge in [0.25, 0.3) is 5.89 Å². The van der Waals surface area contributed by atoms with Crippen LogP contribution in [0.1, 0.15) is 37.9 Å². The van der Waals surface area contributed by atoms with E-state index in [4.69, 9.17) is 4.52 Å². The minimum absolute atomic E-state index is 0.293. The van der Waals surface area contributed by atoms with Gasteiger partial charge in [0.2, 0.25) is 5.91 Å². The Morgan fingerprint density at radius 2 is 1.81 bits per heavy atom. The predicted molar refractivity (Wildman–Crippen MR) is 98.1 cm³/mol. The molecule has 6 nitrogen and oxygen atoms in total. The highest BCUT2D eigenvalue weighted by Gasteiger charge is 2.25. The van der Waals surface area contributed by atoms with Crippen LogP contribution < -0.4 is 0 Å². The second-order valence-corrected chi connectivity index (χ2v) is 7.53. The average Bonchev–Trinajstić information content (AvgIpc) is 3.35. The molecule has 1 saturated carbocycles. The molecule has 1 aliphatic heterocycles. The Balaban J connectivity index is 1.27. The molecule has 4 rings (SSSR count). The lowest BCUT2D eigenvalue weighted by molar-refractivity contribution is -0.134. The summed E-state index contributed by atoms with van der Waals surface area (Å²) >= 11 is 0. The minimum atomic E-state index is -0.293. The van der Waals surface area contributed by atoms with Crippen molar-refractivity contribution in [2.45, 2.75) is 38.6 Å². The number of hydrogen-bond acceptors (Lipinski definition) is 5. The highest BCUT2D eigenvalue weighted by molar-refractivity contribution is 5.76. The Hall–Kier alpha value is -2.28. The van der Waals surface area contributed by atoms with E-state index in [1.165, 1.54) is 37.8 Å². The van der Waals surface area contributed by atoms with E-state index >= 15 is 0 Å². The number of aromatic nitrogens is 2. The molecule has 144 valence electrons. The maximum Gasteiger partial charge on any atom is 0.257 e. The van der Waals surface area contributed by atoms with Crippen molar-refractivity contribution in [3.05, 3.63) is 35.9 Å². The SMILES string of the molecule is O=C(CC1CCCC1)N1CCN(Cc2noc(-c3ccc(F)cc3)n2)CC1. The summed E-state index contributed by atoms with van der Waals surface area (Å²) in [5.41, 5.74) is 0.706. The first-order chi connectivity index (χ1) is 13.2. The lowest BCUT2D eigenvalue weighted by atomic mass is 10.0. The molecule has 0 bridgehead atoms. The van der Waals surface area contributed by atoms with Crippen molar-refractivity contribution in [2.24, 2.45) is 5.92 Å². The molecule has 0 atom stereocenters. The highest BCUT2D eigenvalue weighted by atomic mass is 19.1. The van der Waals surface area contributed by atoms with Gasteiger partial charge in [-0.1, -0.05) is 18.0 Å². The van der Waals surface area contributed by atoms with Gasteiger partial charge in [-0.2, -0.15) is 4.98 Å². The van der Waals surface area contributed by atoms with Gasteiger partial charge in [-0.05, 0) is 43.0 Å². The van der Waals surface area contributed by atoms with Gasteiger partial charge in [0.05, 0.1) is 6.54 Å². The van der Waals surface area contributed by atoms with Crippen molar-refractivity contribution in [3.63, 3.8) is 0 Å². The zero-order valence-electron chi connectivity index (χ0n) is 15.4. The summed E-state index contributed by atoms with van der Waals surface area (Å²) in [5, 5.41) is 4.03. The van der Waals surface area contributed by atoms with Crippen LogP contribution in [0, 0.1) is 11.7 Å². The van der Waals surface area contributed by atoms with Gasteiger partial charge in [-0.25, -0.2) is 4.39 Å². The molecule has 0 spiro atoms. The molecule has 27 heavy (non-hydrogen) atoms. The number of amides is 1. The van der Waals surface area contributed by atoms with Gasteiger partial charge in [0, 0.05) is 38.2 Å². The first-order valence-corrected chi connectivity index (χ1v) is 9.76. The number of carbonyl (C=O) groups excluding carboxylic acids is 1. The fourth-order valence-electron chi connectivity index (χ4n) is 3.97. The largest absolute Gasteiger partial charge is 0.340 e. The Labute approximate surface area is 158 Å². The number of halogens is 1. The summed E-state index contributed by atoms with van der Waals surface area (Å²) in [6.45, 7) is 3.74. The van der Waals surface area contributed by atoms with E-state index in [1.54, 1.807) is 12.1 Å². The fraction of sp³-hybridized carbons (Fsp3) is 0.550. The lowest BCUT2D eigenvalue weighted by Crippen LogP contribution is -2.48. The summed E-state index contributed by atoms with van der Waals surface area (Å²) in [7, 11) is 0. The van der Waals surface area contributed by atoms with E-state index in [0.717, 1.165) is 26.2 Å². The maximum atomic E-state index is 13.0. The maximum absolute atomic E-state index is 13.0. The molecular weight excluding hydrogens is 347 g/mol. The number of carbonyl (C=O) groups is 1. The summed E-state index contributed by atoms with van der Waals surface area (Å²) in [6, 6.07) is 6.00. The monoisotopic (exact) mass is 372 g/mol. The van der Waals surface area contributed by atoms with Gasteiger partial charge in [-0.3, -0.25) is 9.69 Å². The Bertz CT molecular complexity index is 763. The normalized spacial score (nSPS) is 18.9. The highest BCUT2D eigenvalue weighted by Crippen LogP contribution is 2.28. The molecule has 2 aliphatic rings. The number of benzene rings is 1. The second kappa shape index (κ2) is 8.17. The first kappa shape index (κ1) is 18.1. The average molecular weight is 372 g/mol. The van der Waals surface area contributed by atoms with Crippen LogP contribution >= 0.6 is 0 Å². The number of hydrogen-bond donors (Lipinski definition) is 0. The van der Waals surface area contributed by atoms with Gasteiger partial charge in [0.15, 0.2) is 5.82 Å². The van der Waals surface area contributed by atoms with Crippen LogP contribution in [0.4, 0.5) is 4.39 Å². The van der Waals surface area contributed by atoms with E-state index in [2.05, 4.69) is 15.0 Å². The van der Waals surface area contributed by atoms with Crippen LogP contribution in [0.3, 0.4) is 0 Å². The molecular formula is C20H25FN4O2. The topological polar surface area (TPSA) is 62.5 Å². The van der Waals surface area contributed by atoms with Gasteiger partial charge < -0.3 is 9.42 Å². The summed E-state index contributed by atoms with van der Waals surface area (Å²) in [5.74, 6) is 1.62. The zero-order valence-corrected chi connectivity index (χ0v) is 15.4. The fourth-order valence-corrected chi connectivity index (χ4v) is 3.97. The zero-order chi connectivity index (χ0) is 18.6. The van der Waals surface area contributed by atoms with Crippen LogP contribution in [-0.2, 0) is 11.3 Å². The molecule has 7 heteroatoms. The van der Waals surface area contributed by atoms with Gasteiger partial charge in [0.1, 0.15) is 5.82 Å². The molecule has 1 aromatic heterocycles. The molecule has 2 aromatic rings. The molecule has 2 heterocycles. The Morgan fingerprint density at radius 1 is 1.11 bits per heavy atom. The predicted octanol–water partition coefficient (Wildman–Crippen LogP) is 3.10. The summed E-state index contributed by atoms with van der Waals surface area (Å²) in [6.07, 6.45) is 5.68. The van der Waals surface area contributed by atoms with Crippen LogP contribution in [0.5, 0.6) is 0 Å². The van der Waals surface area contributed by atoms with Crippen LogP contribution in [0.15, 0.2) is 28.8 Å². The van der Waals surface area contributed by atoms with Crippen molar-refractivity contribution < 1.29 is 13.7 Å². The molecule has 1 saturated heterocycles. The van der Waals surface area contributed by atoms with Crippen molar-refractivity contribution in [1.29, 1.82) is 0 Å². The summed E-state index contributed by atoms with van der Waals surface area (Å²) < 4.78 is 18.3. The third kappa shape index (κ3) is 4.53. The third-order valence-electron chi connectivity index (χ3n) is 5.59. The van der Waals surface area contributed by atoms with Crippen molar-refractivity contribution in [1.82, 2.24) is 19.9 Å². The number of piperazine rings is 1. The third-order valence-corrected chi connectivity index (χ3v) is 5.59. The van der Waals surface area contributed by atoms with Crippen LogP contribution in [-0.4, -0.2) is 52.0 Å². The molecule has 2 fully saturated rings. The van der Waals surface area contributed by atoms with Gasteiger partial charge >= 0.3 is 0 Å². The molecule has 0 unspecified atom stereocenters. The molecule has 1 amide bonds. The van der Waals surface area contributed by atoms with E-state index in [0.29, 0.717) is 42.1 Å². The molecule has 1 aliphatic carbocycles. The molecule has 1 aromatic carbocycles. The number of rotatable bonds is 5. The molecule has 0 radical (unpaired) electrons. The van der Waals surface area contributed by atoms with Crippen molar-refractivity contribution in [3.8, 4) is 11.5 Å². The standard InChI is InChI=1S/C20H25FN4O2/c21-17-7-5-16(6-8-17)20-22-18(23-27-20)14-24-9-11-25(12-10-24)19(26)13-15-3-1-2-4-15/h5-8,15H,1-4,9-14H2.